The summed E-state index contributed by atoms with van der Waals surface area (Å²) in [6.45, 7) is 3.87. The average Bonchev–Trinajstić information content (AvgIpc) is 2.64. The molecule has 1 aromatic rings. The molecule has 0 aliphatic heterocycles. The van der Waals surface area contributed by atoms with Gasteiger partial charge in [0.2, 0.25) is 0 Å². The second-order valence-corrected chi connectivity index (χ2v) is 8.29. The third kappa shape index (κ3) is 6.55. The molecule has 2 rings (SSSR count). The number of carbonyl (C=O) groups is 2. The molecule has 7 heteroatoms. The van der Waals surface area contributed by atoms with Crippen LogP contribution in [0.3, 0.4) is 0 Å². The number of nitrogens with one attached hydrogen (secondary N) is 2. The van der Waals surface area contributed by atoms with Gasteiger partial charge in [0.1, 0.15) is 6.61 Å². The van der Waals surface area contributed by atoms with Gasteiger partial charge in [-0.2, -0.15) is 0 Å². The van der Waals surface area contributed by atoms with Crippen LogP contribution in [-0.4, -0.2) is 28.5 Å². The molecule has 1 saturated carbocycles. The molecule has 1 aliphatic carbocycles. The Kier molecular flexibility index (Phi) is 7.43. The summed E-state index contributed by atoms with van der Waals surface area (Å²) in [5.74, 6) is -0.253. The Hall–Kier alpha value is -2.57. The first-order valence-electron chi connectivity index (χ1n) is 9.73. The normalized spacial score (nSPS) is 20.8. The number of nitrogens with two attached hydrogens (primary N) is 1. The molecule has 0 spiro atoms. The lowest BCUT2D eigenvalue weighted by molar-refractivity contribution is -0.151. The minimum atomic E-state index is -1.09. The molecule has 0 heterocycles. The maximum Gasteiger partial charge on any atom is 0.405 e. The van der Waals surface area contributed by atoms with Crippen molar-refractivity contribution in [1.82, 2.24) is 5.32 Å². The number of amides is 1. The molecule has 1 unspecified atom stereocenters. The van der Waals surface area contributed by atoms with Crippen molar-refractivity contribution in [1.29, 1.82) is 5.41 Å². The van der Waals surface area contributed by atoms with Crippen LogP contribution in [0.5, 0.6) is 0 Å². The second-order valence-electron chi connectivity index (χ2n) is 8.29. The SMILES string of the molecule is CC(C)(CC(C(=N)N)C1CCC(C(=O)OCc2ccccc2)CC1)NC(=O)O. The van der Waals surface area contributed by atoms with Crippen LogP contribution in [-0.2, 0) is 16.1 Å². The fraction of sp³-hybridized carbons (Fsp3) is 0.571. The molecule has 5 N–H and O–H groups in total. The first-order valence-corrected chi connectivity index (χ1v) is 9.73. The van der Waals surface area contributed by atoms with Gasteiger partial charge in [0, 0.05) is 11.5 Å². The summed E-state index contributed by atoms with van der Waals surface area (Å²) in [7, 11) is 0. The van der Waals surface area contributed by atoms with Crippen molar-refractivity contribution in [3.05, 3.63) is 35.9 Å². The standard InChI is InChI=1S/C21H31N3O4/c1-21(2,24-20(26)27)12-17(18(22)23)15-8-10-16(11-9-15)19(25)28-13-14-6-4-3-5-7-14/h3-7,15-17,24H,8-13H2,1-2H3,(H3,22,23)(H,26,27). The Bertz CT molecular complexity index is 682. The van der Waals surface area contributed by atoms with E-state index in [1.807, 2.05) is 30.3 Å². The summed E-state index contributed by atoms with van der Waals surface area (Å²) < 4.78 is 5.45. The first kappa shape index (κ1) is 21.7. The number of hydrogen-bond donors (Lipinski definition) is 4. The summed E-state index contributed by atoms with van der Waals surface area (Å²) in [6.07, 6.45) is 2.33. The highest BCUT2D eigenvalue weighted by Crippen LogP contribution is 2.37. The number of esters is 1. The van der Waals surface area contributed by atoms with Crippen LogP contribution >= 0.6 is 0 Å². The minimum Gasteiger partial charge on any atom is -0.465 e. The molecule has 1 atom stereocenters. The van der Waals surface area contributed by atoms with E-state index in [1.165, 1.54) is 0 Å². The zero-order valence-corrected chi connectivity index (χ0v) is 16.6. The van der Waals surface area contributed by atoms with Crippen molar-refractivity contribution >= 4 is 17.9 Å². The monoisotopic (exact) mass is 389 g/mol. The highest BCUT2D eigenvalue weighted by molar-refractivity contribution is 5.80. The quantitative estimate of drug-likeness (QED) is 0.307. The van der Waals surface area contributed by atoms with E-state index in [2.05, 4.69) is 5.32 Å². The van der Waals surface area contributed by atoms with Crippen LogP contribution < -0.4 is 11.1 Å². The van der Waals surface area contributed by atoms with Crippen LogP contribution in [0, 0.1) is 23.2 Å². The Morgan fingerprint density at radius 1 is 1.25 bits per heavy atom. The van der Waals surface area contributed by atoms with Crippen LogP contribution in [0.2, 0.25) is 0 Å². The van der Waals surface area contributed by atoms with Crippen molar-refractivity contribution < 1.29 is 19.4 Å². The molecule has 0 saturated heterocycles. The van der Waals surface area contributed by atoms with Gasteiger partial charge in [-0.15, -0.1) is 0 Å². The number of hydrogen-bond acceptors (Lipinski definition) is 4. The molecule has 7 nitrogen and oxygen atoms in total. The zero-order valence-electron chi connectivity index (χ0n) is 16.6. The second kappa shape index (κ2) is 9.57. The van der Waals surface area contributed by atoms with Crippen molar-refractivity contribution in [2.75, 3.05) is 0 Å². The smallest absolute Gasteiger partial charge is 0.405 e. The molecule has 1 fully saturated rings. The molecule has 154 valence electrons. The van der Waals surface area contributed by atoms with Crippen LogP contribution in [0.15, 0.2) is 30.3 Å². The van der Waals surface area contributed by atoms with Gasteiger partial charge in [-0.25, -0.2) is 4.79 Å². The van der Waals surface area contributed by atoms with Crippen molar-refractivity contribution in [3.8, 4) is 0 Å². The molecular weight excluding hydrogens is 358 g/mol. The Morgan fingerprint density at radius 2 is 1.86 bits per heavy atom. The van der Waals surface area contributed by atoms with E-state index in [1.54, 1.807) is 13.8 Å². The van der Waals surface area contributed by atoms with Crippen molar-refractivity contribution in [2.24, 2.45) is 23.5 Å². The van der Waals surface area contributed by atoms with Gasteiger partial charge in [-0.05, 0) is 57.4 Å². The molecular formula is C21H31N3O4. The number of rotatable bonds is 8. The third-order valence-corrected chi connectivity index (χ3v) is 5.47. The number of carbonyl (C=O) groups excluding carboxylic acids is 1. The van der Waals surface area contributed by atoms with Gasteiger partial charge in [0.15, 0.2) is 0 Å². The van der Waals surface area contributed by atoms with E-state index in [9.17, 15) is 9.59 Å². The largest absolute Gasteiger partial charge is 0.465 e. The Morgan fingerprint density at radius 3 is 2.39 bits per heavy atom. The lowest BCUT2D eigenvalue weighted by Gasteiger charge is -2.36. The van der Waals surface area contributed by atoms with E-state index in [0.29, 0.717) is 19.3 Å². The van der Waals surface area contributed by atoms with Gasteiger partial charge in [-0.1, -0.05) is 30.3 Å². The third-order valence-electron chi connectivity index (χ3n) is 5.47. The summed E-state index contributed by atoms with van der Waals surface area (Å²) >= 11 is 0. The summed E-state index contributed by atoms with van der Waals surface area (Å²) in [5, 5.41) is 19.4. The van der Waals surface area contributed by atoms with Crippen LogP contribution in [0.25, 0.3) is 0 Å². The first-order chi connectivity index (χ1) is 13.2. The van der Waals surface area contributed by atoms with E-state index >= 15 is 0 Å². The molecule has 1 aromatic carbocycles. The van der Waals surface area contributed by atoms with Crippen molar-refractivity contribution in [2.45, 2.75) is 58.1 Å². The maximum atomic E-state index is 12.4. The Balaban J connectivity index is 1.86. The van der Waals surface area contributed by atoms with Crippen LogP contribution in [0.1, 0.15) is 51.5 Å². The lowest BCUT2D eigenvalue weighted by atomic mass is 9.72. The van der Waals surface area contributed by atoms with Crippen LogP contribution in [0.4, 0.5) is 4.79 Å². The number of ether oxygens (including phenoxy) is 1. The van der Waals surface area contributed by atoms with E-state index < -0.39 is 11.6 Å². The predicted molar refractivity (Wildman–Crippen MR) is 107 cm³/mol. The molecule has 0 aromatic heterocycles. The van der Waals surface area contributed by atoms with Gasteiger partial charge >= 0.3 is 12.1 Å². The number of benzene rings is 1. The topological polar surface area (TPSA) is 126 Å². The number of amidine groups is 1. The summed E-state index contributed by atoms with van der Waals surface area (Å²) in [6, 6.07) is 9.60. The van der Waals surface area contributed by atoms with E-state index in [-0.39, 0.29) is 36.2 Å². The molecule has 28 heavy (non-hydrogen) atoms. The maximum absolute atomic E-state index is 12.4. The summed E-state index contributed by atoms with van der Waals surface area (Å²) in [5.41, 5.74) is 6.12. The van der Waals surface area contributed by atoms with Gasteiger partial charge in [0.05, 0.1) is 11.8 Å². The molecule has 1 amide bonds. The predicted octanol–water partition coefficient (Wildman–Crippen LogP) is 3.52. The average molecular weight is 389 g/mol. The molecule has 0 bridgehead atoms. The van der Waals surface area contributed by atoms with Gasteiger partial charge < -0.3 is 20.9 Å². The highest BCUT2D eigenvalue weighted by Gasteiger charge is 2.36. The summed E-state index contributed by atoms with van der Waals surface area (Å²) in [4.78, 5) is 23.3. The minimum absolute atomic E-state index is 0.0790. The number of carboxylic acid groups (broad SMARTS) is 1. The van der Waals surface area contributed by atoms with Gasteiger partial charge in [-0.3, -0.25) is 10.2 Å². The lowest BCUT2D eigenvalue weighted by Crippen LogP contribution is -2.47. The van der Waals surface area contributed by atoms with Gasteiger partial charge in [0.25, 0.3) is 0 Å². The highest BCUT2D eigenvalue weighted by atomic mass is 16.5. The molecule has 1 aliphatic rings. The van der Waals surface area contributed by atoms with E-state index in [4.69, 9.17) is 21.0 Å². The van der Waals surface area contributed by atoms with E-state index in [0.717, 1.165) is 18.4 Å². The Labute approximate surface area is 166 Å². The van der Waals surface area contributed by atoms with Crippen molar-refractivity contribution in [3.63, 3.8) is 0 Å². The fourth-order valence-corrected chi connectivity index (χ4v) is 4.02. The molecule has 0 radical (unpaired) electrons. The zero-order chi connectivity index (χ0) is 20.7. The fourth-order valence-electron chi connectivity index (χ4n) is 4.02.